The number of hydrogen-bond acceptors (Lipinski definition) is 4. The molecule has 0 radical (unpaired) electrons. The molecule has 0 bridgehead atoms. The maximum atomic E-state index is 6.22. The predicted molar refractivity (Wildman–Crippen MR) is 102 cm³/mol. The molecule has 1 aromatic carbocycles. The first-order chi connectivity index (χ1) is 12.7. The topological polar surface area (TPSA) is 34.6 Å². The number of pyridine rings is 1. The summed E-state index contributed by atoms with van der Waals surface area (Å²) in [5.41, 5.74) is 3.73. The molecule has 0 unspecified atom stereocenters. The number of benzene rings is 1. The van der Waals surface area contributed by atoms with E-state index in [1.165, 1.54) is 11.1 Å². The highest BCUT2D eigenvalue weighted by atomic mass is 16.6. The summed E-state index contributed by atoms with van der Waals surface area (Å²) < 4.78 is 12.3. The first-order valence-corrected chi connectivity index (χ1v) is 9.64. The molecule has 1 aromatic heterocycles. The number of ether oxygens (including phenoxy) is 2. The maximum Gasteiger partial charge on any atom is 0.0892 e. The molecule has 2 aromatic rings. The van der Waals surface area contributed by atoms with Gasteiger partial charge in [0.25, 0.3) is 0 Å². The smallest absolute Gasteiger partial charge is 0.0892 e. The Morgan fingerprint density at radius 3 is 2.69 bits per heavy atom. The van der Waals surface area contributed by atoms with Gasteiger partial charge in [0, 0.05) is 32.3 Å². The van der Waals surface area contributed by atoms with Crippen molar-refractivity contribution in [1.82, 2.24) is 9.88 Å². The lowest BCUT2D eigenvalue weighted by Gasteiger charge is -2.38. The van der Waals surface area contributed by atoms with Crippen LogP contribution in [0.3, 0.4) is 0 Å². The number of aryl methyl sites for hydroxylation is 1. The molecule has 1 atom stereocenters. The second-order valence-corrected chi connectivity index (χ2v) is 7.71. The van der Waals surface area contributed by atoms with E-state index in [0.717, 1.165) is 44.6 Å². The van der Waals surface area contributed by atoms with Crippen molar-refractivity contribution in [2.75, 3.05) is 19.7 Å². The molecule has 0 saturated carbocycles. The van der Waals surface area contributed by atoms with Gasteiger partial charge in [-0.25, -0.2) is 0 Å². The third-order valence-electron chi connectivity index (χ3n) is 5.66. The van der Waals surface area contributed by atoms with Gasteiger partial charge in [-0.1, -0.05) is 35.9 Å². The summed E-state index contributed by atoms with van der Waals surface area (Å²) >= 11 is 0. The minimum Gasteiger partial charge on any atom is -0.372 e. The molecule has 0 aliphatic carbocycles. The second-order valence-electron chi connectivity index (χ2n) is 7.71. The number of hydrogen-bond donors (Lipinski definition) is 0. The molecule has 1 spiro atoms. The van der Waals surface area contributed by atoms with Crippen molar-refractivity contribution in [2.45, 2.75) is 51.0 Å². The van der Waals surface area contributed by atoms with E-state index >= 15 is 0 Å². The molecule has 2 saturated heterocycles. The summed E-state index contributed by atoms with van der Waals surface area (Å²) in [4.78, 5) is 6.87. The quantitative estimate of drug-likeness (QED) is 0.821. The molecule has 0 amide bonds. The molecule has 4 nitrogen and oxygen atoms in total. The zero-order valence-corrected chi connectivity index (χ0v) is 15.6. The largest absolute Gasteiger partial charge is 0.372 e. The highest BCUT2D eigenvalue weighted by Crippen LogP contribution is 2.37. The molecule has 4 heteroatoms. The SMILES string of the molecule is Cc1ccc(CN2CCC3(CC2)C[C@@H](OCc2ccccn2)CO3)cc1. The van der Waals surface area contributed by atoms with Crippen molar-refractivity contribution >= 4 is 0 Å². The van der Waals surface area contributed by atoms with E-state index in [0.29, 0.717) is 13.2 Å². The molecule has 2 fully saturated rings. The number of rotatable bonds is 5. The summed E-state index contributed by atoms with van der Waals surface area (Å²) in [6.07, 6.45) is 5.22. The fourth-order valence-electron chi connectivity index (χ4n) is 4.02. The van der Waals surface area contributed by atoms with Gasteiger partial charge in [-0.05, 0) is 37.5 Å². The Hall–Kier alpha value is -1.75. The zero-order chi connectivity index (χ0) is 17.8. The Balaban J connectivity index is 1.24. The Kier molecular flexibility index (Phi) is 5.34. The van der Waals surface area contributed by atoms with E-state index in [-0.39, 0.29) is 11.7 Å². The van der Waals surface area contributed by atoms with Crippen LogP contribution in [0, 0.1) is 6.92 Å². The molecular formula is C22H28N2O2. The van der Waals surface area contributed by atoms with Gasteiger partial charge >= 0.3 is 0 Å². The summed E-state index contributed by atoms with van der Waals surface area (Å²) in [5, 5.41) is 0. The van der Waals surface area contributed by atoms with E-state index in [4.69, 9.17) is 9.47 Å². The minimum absolute atomic E-state index is 0.0263. The minimum atomic E-state index is 0.0263. The number of nitrogens with zero attached hydrogens (tertiary/aromatic N) is 2. The van der Waals surface area contributed by atoms with E-state index in [1.807, 2.05) is 24.4 Å². The van der Waals surface area contributed by atoms with Crippen LogP contribution in [0.4, 0.5) is 0 Å². The van der Waals surface area contributed by atoms with Gasteiger partial charge in [0.2, 0.25) is 0 Å². The van der Waals surface area contributed by atoms with Crippen LogP contribution in [-0.4, -0.2) is 41.3 Å². The predicted octanol–water partition coefficient (Wildman–Crippen LogP) is 3.73. The third-order valence-corrected chi connectivity index (χ3v) is 5.66. The van der Waals surface area contributed by atoms with E-state index in [1.54, 1.807) is 0 Å². The fourth-order valence-corrected chi connectivity index (χ4v) is 4.02. The van der Waals surface area contributed by atoms with Gasteiger partial charge in [-0.15, -0.1) is 0 Å². The number of piperidine rings is 1. The molecule has 138 valence electrons. The molecule has 2 aliphatic heterocycles. The van der Waals surface area contributed by atoms with Crippen LogP contribution in [0.1, 0.15) is 36.1 Å². The molecular weight excluding hydrogens is 324 g/mol. The first kappa shape index (κ1) is 17.7. The summed E-state index contributed by atoms with van der Waals surface area (Å²) in [5.74, 6) is 0. The Morgan fingerprint density at radius 1 is 1.15 bits per heavy atom. The van der Waals surface area contributed by atoms with E-state index in [9.17, 15) is 0 Å². The summed E-state index contributed by atoms with van der Waals surface area (Å²) in [6, 6.07) is 14.8. The lowest BCUT2D eigenvalue weighted by molar-refractivity contribution is -0.0468. The van der Waals surface area contributed by atoms with Crippen molar-refractivity contribution in [2.24, 2.45) is 0 Å². The van der Waals surface area contributed by atoms with Crippen LogP contribution in [-0.2, 0) is 22.6 Å². The van der Waals surface area contributed by atoms with Crippen LogP contribution in [0.2, 0.25) is 0 Å². The van der Waals surface area contributed by atoms with Crippen LogP contribution in [0.5, 0.6) is 0 Å². The van der Waals surface area contributed by atoms with Crippen LogP contribution in [0.15, 0.2) is 48.7 Å². The van der Waals surface area contributed by atoms with Gasteiger partial charge in [0.1, 0.15) is 0 Å². The van der Waals surface area contributed by atoms with Gasteiger partial charge < -0.3 is 9.47 Å². The maximum absolute atomic E-state index is 6.22. The fraction of sp³-hybridized carbons (Fsp3) is 0.500. The lowest BCUT2D eigenvalue weighted by Crippen LogP contribution is -2.43. The first-order valence-electron chi connectivity index (χ1n) is 9.64. The average Bonchev–Trinajstić information content (AvgIpc) is 3.08. The van der Waals surface area contributed by atoms with Crippen LogP contribution >= 0.6 is 0 Å². The van der Waals surface area contributed by atoms with Crippen molar-refractivity contribution in [3.8, 4) is 0 Å². The molecule has 3 heterocycles. The van der Waals surface area contributed by atoms with Crippen molar-refractivity contribution in [1.29, 1.82) is 0 Å². The Labute approximate surface area is 156 Å². The summed E-state index contributed by atoms with van der Waals surface area (Å²) in [6.45, 7) is 6.66. The van der Waals surface area contributed by atoms with Gasteiger partial charge in [0.05, 0.1) is 30.6 Å². The van der Waals surface area contributed by atoms with Crippen LogP contribution in [0.25, 0.3) is 0 Å². The van der Waals surface area contributed by atoms with Gasteiger partial charge in [-0.3, -0.25) is 9.88 Å². The Bertz CT molecular complexity index is 694. The van der Waals surface area contributed by atoms with E-state index < -0.39 is 0 Å². The molecule has 26 heavy (non-hydrogen) atoms. The zero-order valence-electron chi connectivity index (χ0n) is 15.6. The van der Waals surface area contributed by atoms with Crippen molar-refractivity contribution in [3.05, 3.63) is 65.5 Å². The third kappa shape index (κ3) is 4.32. The second kappa shape index (κ2) is 7.87. The van der Waals surface area contributed by atoms with Crippen molar-refractivity contribution in [3.63, 3.8) is 0 Å². The number of aromatic nitrogens is 1. The highest BCUT2D eigenvalue weighted by Gasteiger charge is 2.43. The summed E-state index contributed by atoms with van der Waals surface area (Å²) in [7, 11) is 0. The lowest BCUT2D eigenvalue weighted by atomic mass is 9.88. The standard InChI is InChI=1S/C22H28N2O2/c1-18-5-7-19(8-6-18)15-24-12-9-22(10-13-24)14-21(17-26-22)25-16-20-4-2-3-11-23-20/h2-8,11,21H,9-10,12-17H2,1H3/t21-/m1/s1. The monoisotopic (exact) mass is 352 g/mol. The average molecular weight is 352 g/mol. The Morgan fingerprint density at radius 2 is 1.96 bits per heavy atom. The van der Waals surface area contributed by atoms with Gasteiger partial charge in [0.15, 0.2) is 0 Å². The van der Waals surface area contributed by atoms with E-state index in [2.05, 4.69) is 41.1 Å². The molecule has 2 aliphatic rings. The highest BCUT2D eigenvalue weighted by molar-refractivity contribution is 5.21. The number of likely N-dealkylation sites (tertiary alicyclic amines) is 1. The van der Waals surface area contributed by atoms with Gasteiger partial charge in [-0.2, -0.15) is 0 Å². The normalized spacial score (nSPS) is 22.7. The van der Waals surface area contributed by atoms with Crippen molar-refractivity contribution < 1.29 is 9.47 Å². The molecule has 0 N–H and O–H groups in total. The molecule has 4 rings (SSSR count). The van der Waals surface area contributed by atoms with Crippen LogP contribution < -0.4 is 0 Å².